The number of rotatable bonds is 14. The molecule has 166 valence electrons. The molecule has 0 aliphatic carbocycles. The van der Waals surface area contributed by atoms with Crippen LogP contribution >= 0.6 is 11.6 Å². The van der Waals surface area contributed by atoms with Crippen molar-refractivity contribution in [2.45, 2.75) is 51.9 Å². The van der Waals surface area contributed by atoms with E-state index in [0.717, 1.165) is 12.5 Å². The zero-order valence-corrected chi connectivity index (χ0v) is 19.9. The second-order valence-electron chi connectivity index (χ2n) is 5.19. The Hall–Kier alpha value is 0.274. The molecule has 0 heterocycles. The molecule has 0 aliphatic rings. The van der Waals surface area contributed by atoms with E-state index in [1.165, 1.54) is 21.3 Å². The minimum atomic E-state index is -4.20. The van der Waals surface area contributed by atoms with Gasteiger partial charge in [-0.25, -0.2) is 0 Å². The van der Waals surface area contributed by atoms with Crippen LogP contribution in [0.25, 0.3) is 0 Å². The lowest BCUT2D eigenvalue weighted by molar-refractivity contribution is -0.132. The summed E-state index contributed by atoms with van der Waals surface area (Å²) in [5.41, 5.74) is 0. The highest BCUT2D eigenvalue weighted by Gasteiger charge is 2.42. The van der Waals surface area contributed by atoms with Crippen molar-refractivity contribution in [1.29, 1.82) is 0 Å². The van der Waals surface area contributed by atoms with E-state index < -0.39 is 30.2 Å². The molecule has 0 unspecified atom stereocenters. The maximum Gasteiger partial charge on any atom is 0.500 e. The molecule has 0 rings (SSSR count). The number of hydrogen-bond acceptors (Lipinski definition) is 6. The van der Waals surface area contributed by atoms with E-state index in [4.69, 9.17) is 38.2 Å². The maximum atomic E-state index is 11.9. The quantitative estimate of drug-likeness (QED) is 0.282. The number of hydrogen-bond donors (Lipinski definition) is 0. The van der Waals surface area contributed by atoms with Crippen LogP contribution in [0.4, 0.5) is 13.2 Å². The highest BCUT2D eigenvalue weighted by atomic mass is 35.5. The molecule has 0 atom stereocenters. The molecule has 0 aromatic rings. The van der Waals surface area contributed by atoms with Crippen molar-refractivity contribution in [3.8, 4) is 0 Å². The van der Waals surface area contributed by atoms with Gasteiger partial charge in [0.1, 0.15) is 0 Å². The SMILES string of the molecule is CCO[Si](CCCCl)(OCC)OCC.CO[Si](CCC(F)(F)F)(OC)OC. The summed E-state index contributed by atoms with van der Waals surface area (Å²) in [5, 5.41) is 0. The first-order valence-corrected chi connectivity index (χ1v) is 13.2. The molecule has 0 radical (unpaired) electrons. The van der Waals surface area contributed by atoms with Crippen LogP contribution in [0.2, 0.25) is 12.1 Å². The summed E-state index contributed by atoms with van der Waals surface area (Å²) >= 11 is 5.66. The summed E-state index contributed by atoms with van der Waals surface area (Å²) in [6, 6.07) is 0.562. The van der Waals surface area contributed by atoms with Crippen molar-refractivity contribution in [3.05, 3.63) is 0 Å². The molecule has 0 bridgehead atoms. The first kappa shape index (κ1) is 29.5. The van der Waals surface area contributed by atoms with E-state index in [0.29, 0.717) is 25.7 Å². The molecule has 0 fully saturated rings. The summed E-state index contributed by atoms with van der Waals surface area (Å²) in [6.45, 7) is 7.78. The number of halogens is 4. The second kappa shape index (κ2) is 16.1. The van der Waals surface area contributed by atoms with Crippen LogP contribution in [-0.4, -0.2) is 70.8 Å². The Morgan fingerprint density at radius 2 is 1.15 bits per heavy atom. The lowest BCUT2D eigenvalue weighted by atomic mass is 10.5. The van der Waals surface area contributed by atoms with Crippen LogP contribution in [0.3, 0.4) is 0 Å². The van der Waals surface area contributed by atoms with E-state index in [2.05, 4.69) is 0 Å². The standard InChI is InChI=1S/C9H21ClO3Si.C6H13F3O3Si/c1-4-11-14(12-5-2,13-6-3)9-7-8-10;1-10-13(11-2,12-3)5-4-6(7,8)9/h4-9H2,1-3H3;4-5H2,1-3H3. The zero-order chi connectivity index (χ0) is 21.4. The fraction of sp³-hybridized carbons (Fsp3) is 1.00. The van der Waals surface area contributed by atoms with Gasteiger partial charge in [0.2, 0.25) is 0 Å². The Morgan fingerprint density at radius 3 is 1.41 bits per heavy atom. The van der Waals surface area contributed by atoms with Gasteiger partial charge < -0.3 is 26.6 Å². The summed E-state index contributed by atoms with van der Waals surface area (Å²) in [7, 11) is -1.59. The van der Waals surface area contributed by atoms with Gasteiger partial charge in [-0.3, -0.25) is 0 Å². The van der Waals surface area contributed by atoms with E-state index in [1.54, 1.807) is 0 Å². The van der Waals surface area contributed by atoms with E-state index in [9.17, 15) is 13.2 Å². The normalized spacial score (nSPS) is 12.7. The van der Waals surface area contributed by atoms with Gasteiger partial charge in [0.15, 0.2) is 0 Å². The van der Waals surface area contributed by atoms with Crippen LogP contribution in [0.15, 0.2) is 0 Å². The predicted octanol–water partition coefficient (Wildman–Crippen LogP) is 4.48. The lowest BCUT2D eigenvalue weighted by Gasteiger charge is -2.28. The summed E-state index contributed by atoms with van der Waals surface area (Å²) < 4.78 is 67.0. The summed E-state index contributed by atoms with van der Waals surface area (Å²) in [4.78, 5) is 0. The molecule has 0 N–H and O–H groups in total. The smallest absolute Gasteiger partial charge is 0.377 e. The first-order valence-electron chi connectivity index (χ1n) is 8.83. The van der Waals surface area contributed by atoms with Crippen molar-refractivity contribution < 1.29 is 39.7 Å². The largest absolute Gasteiger partial charge is 0.500 e. The molecule has 6 nitrogen and oxygen atoms in total. The molecule has 27 heavy (non-hydrogen) atoms. The molecular formula is C15H34ClF3O6Si2. The fourth-order valence-electron chi connectivity index (χ4n) is 2.14. The van der Waals surface area contributed by atoms with Crippen LogP contribution in [0.5, 0.6) is 0 Å². The van der Waals surface area contributed by atoms with Crippen molar-refractivity contribution in [2.75, 3.05) is 47.0 Å². The van der Waals surface area contributed by atoms with Gasteiger partial charge in [0, 0.05) is 65.5 Å². The molecular weight excluding hydrogens is 425 g/mol. The maximum absolute atomic E-state index is 11.9. The predicted molar refractivity (Wildman–Crippen MR) is 103 cm³/mol. The minimum Gasteiger partial charge on any atom is -0.377 e. The van der Waals surface area contributed by atoms with E-state index in [1.807, 2.05) is 20.8 Å². The van der Waals surface area contributed by atoms with Gasteiger partial charge >= 0.3 is 23.8 Å². The molecule has 0 amide bonds. The monoisotopic (exact) mass is 458 g/mol. The first-order chi connectivity index (χ1) is 12.6. The zero-order valence-electron chi connectivity index (χ0n) is 17.1. The Labute approximate surface area is 168 Å². The lowest BCUT2D eigenvalue weighted by Crippen LogP contribution is -2.46. The summed E-state index contributed by atoms with van der Waals surface area (Å²) in [5.74, 6) is 0.627. The fourth-order valence-corrected chi connectivity index (χ4v) is 6.81. The minimum absolute atomic E-state index is 0.250. The highest BCUT2D eigenvalue weighted by Crippen LogP contribution is 2.26. The van der Waals surface area contributed by atoms with E-state index in [-0.39, 0.29) is 6.04 Å². The Balaban J connectivity index is 0. The van der Waals surface area contributed by atoms with Gasteiger partial charge in [-0.2, -0.15) is 13.2 Å². The summed E-state index contributed by atoms with van der Waals surface area (Å²) in [6.07, 6.45) is -4.27. The average molecular weight is 459 g/mol. The molecule has 0 saturated carbocycles. The van der Waals surface area contributed by atoms with Crippen molar-refractivity contribution >= 4 is 29.2 Å². The van der Waals surface area contributed by atoms with Crippen LogP contribution in [0.1, 0.15) is 33.6 Å². The third-order valence-electron chi connectivity index (χ3n) is 3.36. The van der Waals surface area contributed by atoms with E-state index >= 15 is 0 Å². The molecule has 12 heteroatoms. The molecule has 0 saturated heterocycles. The molecule has 0 aromatic carbocycles. The van der Waals surface area contributed by atoms with Gasteiger partial charge in [0.05, 0.1) is 0 Å². The second-order valence-corrected chi connectivity index (χ2v) is 11.4. The van der Waals surface area contributed by atoms with Crippen LogP contribution in [0, 0.1) is 0 Å². The molecule has 0 aliphatic heterocycles. The van der Waals surface area contributed by atoms with Gasteiger partial charge in [-0.1, -0.05) is 0 Å². The third-order valence-corrected chi connectivity index (χ3v) is 9.50. The Kier molecular flexibility index (Phi) is 17.6. The van der Waals surface area contributed by atoms with Crippen molar-refractivity contribution in [3.63, 3.8) is 0 Å². The van der Waals surface area contributed by atoms with Crippen LogP contribution < -0.4 is 0 Å². The topological polar surface area (TPSA) is 55.4 Å². The Morgan fingerprint density at radius 1 is 0.741 bits per heavy atom. The number of alkyl halides is 4. The van der Waals surface area contributed by atoms with Gasteiger partial charge in [-0.15, -0.1) is 11.6 Å². The van der Waals surface area contributed by atoms with Gasteiger partial charge in [0.25, 0.3) is 0 Å². The van der Waals surface area contributed by atoms with Gasteiger partial charge in [-0.05, 0) is 27.2 Å². The molecule has 0 aromatic heterocycles. The molecule has 0 spiro atoms. The highest BCUT2D eigenvalue weighted by molar-refractivity contribution is 6.61. The average Bonchev–Trinajstić information content (AvgIpc) is 2.62. The third kappa shape index (κ3) is 14.0. The van der Waals surface area contributed by atoms with Crippen molar-refractivity contribution in [2.24, 2.45) is 0 Å². The van der Waals surface area contributed by atoms with Crippen molar-refractivity contribution in [1.82, 2.24) is 0 Å². The van der Waals surface area contributed by atoms with Crippen LogP contribution in [-0.2, 0) is 26.6 Å². The Bertz CT molecular complexity index is 325.